The summed E-state index contributed by atoms with van der Waals surface area (Å²) in [7, 11) is -1.96. The molecule has 0 atom stereocenters. The summed E-state index contributed by atoms with van der Waals surface area (Å²) in [5.41, 5.74) is 2.64. The monoisotopic (exact) mass is 515 g/mol. The molecule has 2 aliphatic heterocycles. The molecule has 0 saturated heterocycles. The molecule has 8 nitrogen and oxygen atoms in total. The van der Waals surface area contributed by atoms with Gasteiger partial charge in [-0.2, -0.15) is 0 Å². The zero-order valence-electron chi connectivity index (χ0n) is 22.0. The highest BCUT2D eigenvalue weighted by Gasteiger charge is 2.36. The van der Waals surface area contributed by atoms with Crippen molar-refractivity contribution in [1.29, 1.82) is 0 Å². The molecule has 4 rings (SSSR count). The van der Waals surface area contributed by atoms with Crippen molar-refractivity contribution in [2.75, 3.05) is 25.2 Å². The lowest BCUT2D eigenvalue weighted by Crippen LogP contribution is -2.36. The maximum Gasteiger partial charge on any atom is 0.232 e. The average molecular weight is 516 g/mol. The molecule has 1 aromatic carbocycles. The predicted octanol–water partition coefficient (Wildman–Crippen LogP) is 4.97. The second-order valence-corrected chi connectivity index (χ2v) is 10.8. The Labute approximate surface area is 212 Å². The Morgan fingerprint density at radius 2 is 1.89 bits per heavy atom. The Morgan fingerprint density at radius 1 is 1.19 bits per heavy atom. The summed E-state index contributed by atoms with van der Waals surface area (Å²) < 4.78 is 48.2. The zero-order valence-corrected chi connectivity index (χ0v) is 22.9. The number of hydrogen-bond donors (Lipinski definition) is 1. The van der Waals surface area contributed by atoms with E-state index in [0.717, 1.165) is 17.8 Å². The quantitative estimate of drug-likeness (QED) is 0.621. The number of methoxy groups -OCH3 is 1. The Bertz CT molecular complexity index is 1380. The number of anilines is 1. The molecule has 0 radical (unpaired) electrons. The van der Waals surface area contributed by atoms with Gasteiger partial charge in [0.25, 0.3) is 0 Å². The molecule has 1 N–H and O–H groups in total. The first kappa shape index (κ1) is 27.2. The van der Waals surface area contributed by atoms with Gasteiger partial charge in [0, 0.05) is 11.8 Å². The summed E-state index contributed by atoms with van der Waals surface area (Å²) in [6.07, 6.45) is 11.0. The van der Waals surface area contributed by atoms with Crippen molar-refractivity contribution in [3.63, 3.8) is 0 Å². The van der Waals surface area contributed by atoms with Crippen LogP contribution in [-0.2, 0) is 20.3 Å². The number of rotatable bonds is 3. The Morgan fingerprint density at radius 3 is 2.53 bits per heavy atom. The minimum Gasteiger partial charge on any atom is -0.497 e. The molecule has 10 heteroatoms. The molecule has 0 aliphatic carbocycles. The standard InChI is InChI=1S/C24H28FN5O3S.C2H6/c1-15-21(17-9-7-8-11-29(34(6,31)32)12-10-18(13-17)33-5)19(25)14-20-22(15)30-16(2)27-28-23(30)24(3,4)26-20;1-2/h7-10,12-14,26H,11H2,1-6H3;1-2H3/b8-7?,12-10+,17-9-,18-13+;. The minimum absolute atomic E-state index is 0.143. The highest BCUT2D eigenvalue weighted by molar-refractivity contribution is 7.88. The van der Waals surface area contributed by atoms with Gasteiger partial charge in [0.1, 0.15) is 17.4 Å². The molecule has 0 bridgehead atoms. The maximum atomic E-state index is 15.6. The predicted molar refractivity (Wildman–Crippen MR) is 142 cm³/mol. The summed E-state index contributed by atoms with van der Waals surface area (Å²) in [6.45, 7) is 11.8. The first-order valence-electron chi connectivity index (χ1n) is 11.8. The van der Waals surface area contributed by atoms with Gasteiger partial charge < -0.3 is 10.1 Å². The first-order chi connectivity index (χ1) is 16.9. The van der Waals surface area contributed by atoms with Crippen molar-refractivity contribution >= 4 is 21.3 Å². The zero-order chi connectivity index (χ0) is 26.8. The fraction of sp³-hybridized carbons (Fsp3) is 0.385. The van der Waals surface area contributed by atoms with E-state index in [1.807, 2.05) is 46.1 Å². The number of ether oxygens (including phenoxy) is 1. The van der Waals surface area contributed by atoms with Crippen LogP contribution < -0.4 is 5.32 Å². The average Bonchev–Trinajstić information content (AvgIpc) is 3.20. The van der Waals surface area contributed by atoms with E-state index in [2.05, 4.69) is 15.5 Å². The van der Waals surface area contributed by atoms with Gasteiger partial charge in [-0.3, -0.25) is 8.87 Å². The lowest BCUT2D eigenvalue weighted by molar-refractivity contribution is 0.306. The van der Waals surface area contributed by atoms with Crippen LogP contribution in [-0.4, -0.2) is 47.4 Å². The van der Waals surface area contributed by atoms with Gasteiger partial charge in [0.15, 0.2) is 5.82 Å². The van der Waals surface area contributed by atoms with Crippen LogP contribution in [0.1, 0.15) is 50.5 Å². The first-order valence-corrected chi connectivity index (χ1v) is 13.6. The third kappa shape index (κ3) is 5.09. The van der Waals surface area contributed by atoms with Crippen LogP contribution in [0.3, 0.4) is 0 Å². The van der Waals surface area contributed by atoms with Gasteiger partial charge in [-0.1, -0.05) is 32.1 Å². The number of benzene rings is 1. The molecule has 0 fully saturated rings. The van der Waals surface area contributed by atoms with E-state index in [9.17, 15) is 8.42 Å². The lowest BCUT2D eigenvalue weighted by Gasteiger charge is -2.35. The third-order valence-corrected chi connectivity index (χ3v) is 7.02. The Balaban J connectivity index is 0.00000176. The number of halogens is 1. The molecular weight excluding hydrogens is 481 g/mol. The van der Waals surface area contributed by atoms with Gasteiger partial charge in [-0.15, -0.1) is 10.2 Å². The second-order valence-electron chi connectivity index (χ2n) is 8.86. The Hall–Kier alpha value is -3.40. The molecule has 36 heavy (non-hydrogen) atoms. The molecule has 3 heterocycles. The topological polar surface area (TPSA) is 89.3 Å². The van der Waals surface area contributed by atoms with Gasteiger partial charge >= 0.3 is 0 Å². The summed E-state index contributed by atoms with van der Waals surface area (Å²) in [4.78, 5) is 0. The number of aromatic nitrogens is 3. The minimum atomic E-state index is -3.44. The van der Waals surface area contributed by atoms with E-state index in [1.54, 1.807) is 30.4 Å². The van der Waals surface area contributed by atoms with Gasteiger partial charge in [-0.05, 0) is 57.0 Å². The molecular formula is C26H34FN5O3S. The lowest BCUT2D eigenvalue weighted by atomic mass is 9.92. The van der Waals surface area contributed by atoms with Crippen LogP contribution in [0.4, 0.5) is 10.1 Å². The molecule has 0 amide bonds. The number of sulfonamides is 1. The van der Waals surface area contributed by atoms with Crippen LogP contribution in [0, 0.1) is 19.7 Å². The molecule has 2 aromatic rings. The van der Waals surface area contributed by atoms with Gasteiger partial charge in [0.2, 0.25) is 10.0 Å². The van der Waals surface area contributed by atoms with Crippen LogP contribution in [0.25, 0.3) is 11.3 Å². The fourth-order valence-corrected chi connectivity index (χ4v) is 4.90. The molecule has 2 aliphatic rings. The highest BCUT2D eigenvalue weighted by atomic mass is 32.2. The summed E-state index contributed by atoms with van der Waals surface area (Å²) in [5.74, 6) is 1.45. The molecule has 1 aromatic heterocycles. The van der Waals surface area contributed by atoms with Crippen molar-refractivity contribution in [2.24, 2.45) is 0 Å². The van der Waals surface area contributed by atoms with E-state index in [-0.39, 0.29) is 12.4 Å². The van der Waals surface area contributed by atoms with Gasteiger partial charge in [0.05, 0.1) is 36.8 Å². The number of hydrogen-bond acceptors (Lipinski definition) is 6. The van der Waals surface area contributed by atoms with Gasteiger partial charge in [-0.25, -0.2) is 12.8 Å². The van der Waals surface area contributed by atoms with Crippen molar-refractivity contribution in [3.8, 4) is 5.69 Å². The number of aryl methyl sites for hydroxylation is 1. The van der Waals surface area contributed by atoms with E-state index < -0.39 is 15.6 Å². The van der Waals surface area contributed by atoms with Crippen LogP contribution in [0.2, 0.25) is 0 Å². The van der Waals surface area contributed by atoms with Crippen molar-refractivity contribution in [2.45, 2.75) is 47.1 Å². The summed E-state index contributed by atoms with van der Waals surface area (Å²) >= 11 is 0. The van der Waals surface area contributed by atoms with Crippen molar-refractivity contribution in [1.82, 2.24) is 19.1 Å². The van der Waals surface area contributed by atoms with E-state index >= 15 is 4.39 Å². The van der Waals surface area contributed by atoms with Crippen LogP contribution >= 0.6 is 0 Å². The molecule has 194 valence electrons. The van der Waals surface area contributed by atoms with E-state index in [4.69, 9.17) is 4.74 Å². The molecule has 0 spiro atoms. The highest BCUT2D eigenvalue weighted by Crippen LogP contribution is 2.42. The van der Waals surface area contributed by atoms with Crippen molar-refractivity contribution < 1.29 is 17.5 Å². The van der Waals surface area contributed by atoms with E-state index in [1.165, 1.54) is 23.7 Å². The maximum absolute atomic E-state index is 15.6. The molecule has 0 unspecified atom stereocenters. The smallest absolute Gasteiger partial charge is 0.232 e. The number of nitrogens with one attached hydrogen (secondary N) is 1. The van der Waals surface area contributed by atoms with E-state index in [0.29, 0.717) is 34.0 Å². The largest absolute Gasteiger partial charge is 0.497 e. The van der Waals surface area contributed by atoms with Crippen LogP contribution in [0.5, 0.6) is 0 Å². The Kier molecular flexibility index (Phi) is 7.78. The summed E-state index contributed by atoms with van der Waals surface area (Å²) in [6, 6.07) is 1.49. The number of fused-ring (bicyclic) bond motifs is 3. The fourth-order valence-electron chi connectivity index (χ4n) is 4.26. The van der Waals surface area contributed by atoms with Crippen molar-refractivity contribution in [3.05, 3.63) is 77.0 Å². The number of nitrogens with zero attached hydrogens (tertiary/aromatic N) is 4. The second kappa shape index (κ2) is 10.3. The summed E-state index contributed by atoms with van der Waals surface area (Å²) in [5, 5.41) is 12.0. The van der Waals surface area contributed by atoms with Crippen LogP contribution in [0.15, 0.2) is 48.4 Å². The molecule has 0 saturated carbocycles. The number of allylic oxidation sites excluding steroid dienone is 5. The third-order valence-electron chi connectivity index (χ3n) is 5.90. The normalized spacial score (nSPS) is 20.3. The SMILES string of the molecule is CC.COC1=C/C(c2c(F)cc3c(c2C)-n2c(C)nnc2C(C)(C)N3)=C/C=CCN(S(C)(=O)=O)\C=C\1.